The fourth-order valence-corrected chi connectivity index (χ4v) is 1.42. The molecular formula is C9H16F3NO. The lowest BCUT2D eigenvalue weighted by Gasteiger charge is -2.30. The number of alkyl halides is 3. The Bertz CT molecular complexity index is 187. The molecule has 0 aliphatic heterocycles. The topological polar surface area (TPSA) is 20.3 Å². The van der Waals surface area contributed by atoms with Crippen LogP contribution < -0.4 is 0 Å². The molecule has 0 aromatic carbocycles. The van der Waals surface area contributed by atoms with E-state index in [-0.39, 0.29) is 6.04 Å². The second-order valence-electron chi connectivity index (χ2n) is 3.23. The normalized spacial score (nSPS) is 11.9. The minimum absolute atomic E-state index is 0.311. The van der Waals surface area contributed by atoms with Gasteiger partial charge in [-0.15, -0.1) is 0 Å². The van der Waals surface area contributed by atoms with E-state index < -0.39 is 18.6 Å². The Morgan fingerprint density at radius 1 is 1.29 bits per heavy atom. The predicted octanol–water partition coefficient (Wildman–Crippen LogP) is 2.59. The molecule has 0 spiro atoms. The van der Waals surface area contributed by atoms with Gasteiger partial charge in [-0.1, -0.05) is 13.8 Å². The first-order chi connectivity index (χ1) is 6.31. The predicted molar refractivity (Wildman–Crippen MR) is 47.8 cm³/mol. The number of nitrogens with zero attached hydrogens (tertiary/aromatic N) is 1. The molecule has 14 heavy (non-hydrogen) atoms. The van der Waals surface area contributed by atoms with Crippen LogP contribution in [0.5, 0.6) is 0 Å². The molecule has 0 heterocycles. The first-order valence-corrected chi connectivity index (χ1v) is 4.65. The van der Waals surface area contributed by atoms with E-state index in [4.69, 9.17) is 0 Å². The van der Waals surface area contributed by atoms with Crippen LogP contribution in [-0.2, 0) is 4.79 Å². The van der Waals surface area contributed by atoms with E-state index in [2.05, 4.69) is 0 Å². The van der Waals surface area contributed by atoms with Crippen molar-refractivity contribution in [1.82, 2.24) is 4.90 Å². The van der Waals surface area contributed by atoms with E-state index in [1.165, 1.54) is 6.92 Å². The summed E-state index contributed by atoms with van der Waals surface area (Å²) in [5.41, 5.74) is 0. The number of amides is 1. The fraction of sp³-hybridized carbons (Fsp3) is 0.889. The zero-order valence-electron chi connectivity index (χ0n) is 8.69. The monoisotopic (exact) mass is 211 g/mol. The first kappa shape index (κ1) is 13.3. The standard InChI is InChI=1S/C9H16F3NO/c1-4-8(5-2)13(7(3)14)6-9(10,11)12/h8H,4-6H2,1-3H3. The molecule has 0 aromatic rings. The molecule has 1 amide bonds. The number of hydrogen-bond acceptors (Lipinski definition) is 1. The lowest BCUT2D eigenvalue weighted by molar-refractivity contribution is -0.164. The largest absolute Gasteiger partial charge is 0.406 e. The molecule has 0 atom stereocenters. The summed E-state index contributed by atoms with van der Waals surface area (Å²) in [4.78, 5) is 11.9. The minimum Gasteiger partial charge on any atom is -0.331 e. The summed E-state index contributed by atoms with van der Waals surface area (Å²) in [6, 6.07) is -0.311. The Hall–Kier alpha value is -0.740. The van der Waals surface area contributed by atoms with Crippen LogP contribution in [0, 0.1) is 0 Å². The summed E-state index contributed by atoms with van der Waals surface area (Å²) in [7, 11) is 0. The molecule has 2 nitrogen and oxygen atoms in total. The second-order valence-corrected chi connectivity index (χ2v) is 3.23. The molecular weight excluding hydrogens is 195 g/mol. The molecule has 84 valence electrons. The van der Waals surface area contributed by atoms with Gasteiger partial charge in [-0.3, -0.25) is 4.79 Å². The van der Waals surface area contributed by atoms with Crippen molar-refractivity contribution < 1.29 is 18.0 Å². The van der Waals surface area contributed by atoms with Gasteiger partial charge in [0.05, 0.1) is 0 Å². The van der Waals surface area contributed by atoms with Crippen molar-refractivity contribution in [2.45, 2.75) is 45.8 Å². The summed E-state index contributed by atoms with van der Waals surface area (Å²) in [5, 5.41) is 0. The van der Waals surface area contributed by atoms with Crippen LogP contribution in [0.2, 0.25) is 0 Å². The van der Waals surface area contributed by atoms with Gasteiger partial charge >= 0.3 is 6.18 Å². The summed E-state index contributed by atoms with van der Waals surface area (Å²) in [6.07, 6.45) is -3.22. The Morgan fingerprint density at radius 2 is 1.71 bits per heavy atom. The van der Waals surface area contributed by atoms with Crippen molar-refractivity contribution in [3.8, 4) is 0 Å². The summed E-state index contributed by atoms with van der Waals surface area (Å²) < 4.78 is 36.3. The number of hydrogen-bond donors (Lipinski definition) is 0. The summed E-state index contributed by atoms with van der Waals surface area (Å²) in [5.74, 6) is -0.518. The van der Waals surface area contributed by atoms with Crippen LogP contribution in [0.4, 0.5) is 13.2 Å². The molecule has 0 N–H and O–H groups in total. The molecule has 0 saturated carbocycles. The lowest BCUT2D eigenvalue weighted by atomic mass is 10.1. The van der Waals surface area contributed by atoms with Crippen LogP contribution in [0.1, 0.15) is 33.6 Å². The van der Waals surface area contributed by atoms with E-state index in [1.807, 2.05) is 0 Å². The van der Waals surface area contributed by atoms with Gasteiger partial charge in [0.25, 0.3) is 0 Å². The van der Waals surface area contributed by atoms with Crippen molar-refractivity contribution in [2.75, 3.05) is 6.54 Å². The van der Waals surface area contributed by atoms with Crippen molar-refractivity contribution in [3.05, 3.63) is 0 Å². The molecule has 0 aliphatic rings. The molecule has 5 heteroatoms. The zero-order valence-corrected chi connectivity index (χ0v) is 8.69. The molecule has 0 radical (unpaired) electrons. The third-order valence-electron chi connectivity index (χ3n) is 2.14. The van der Waals surface area contributed by atoms with Crippen LogP contribution in [-0.4, -0.2) is 29.6 Å². The van der Waals surface area contributed by atoms with Crippen molar-refractivity contribution in [3.63, 3.8) is 0 Å². The average molecular weight is 211 g/mol. The highest BCUT2D eigenvalue weighted by Gasteiger charge is 2.34. The van der Waals surface area contributed by atoms with Crippen LogP contribution in [0.3, 0.4) is 0 Å². The molecule has 0 rings (SSSR count). The zero-order chi connectivity index (χ0) is 11.4. The molecule has 0 saturated heterocycles. The number of carbonyl (C=O) groups excluding carboxylic acids is 1. The minimum atomic E-state index is -4.31. The van der Waals surface area contributed by atoms with Gasteiger partial charge in [0, 0.05) is 13.0 Å². The maximum atomic E-state index is 12.1. The Balaban J connectivity index is 4.51. The summed E-state index contributed by atoms with van der Waals surface area (Å²) in [6.45, 7) is 3.58. The van der Waals surface area contributed by atoms with E-state index in [9.17, 15) is 18.0 Å². The van der Waals surface area contributed by atoms with E-state index >= 15 is 0 Å². The van der Waals surface area contributed by atoms with Gasteiger partial charge in [-0.25, -0.2) is 0 Å². The highest BCUT2D eigenvalue weighted by Crippen LogP contribution is 2.20. The smallest absolute Gasteiger partial charge is 0.331 e. The Morgan fingerprint density at radius 3 is 1.93 bits per heavy atom. The van der Waals surface area contributed by atoms with Crippen molar-refractivity contribution >= 4 is 5.91 Å². The van der Waals surface area contributed by atoms with Crippen LogP contribution in [0.25, 0.3) is 0 Å². The number of rotatable bonds is 4. The lowest BCUT2D eigenvalue weighted by Crippen LogP contribution is -2.44. The van der Waals surface area contributed by atoms with Gasteiger partial charge in [0.15, 0.2) is 0 Å². The maximum Gasteiger partial charge on any atom is 0.406 e. The first-order valence-electron chi connectivity index (χ1n) is 4.65. The quantitative estimate of drug-likeness (QED) is 0.699. The Kier molecular flexibility index (Phi) is 4.94. The molecule has 0 unspecified atom stereocenters. The van der Waals surface area contributed by atoms with Crippen molar-refractivity contribution in [1.29, 1.82) is 0 Å². The fourth-order valence-electron chi connectivity index (χ4n) is 1.42. The van der Waals surface area contributed by atoms with E-state index in [0.717, 1.165) is 4.90 Å². The van der Waals surface area contributed by atoms with Gasteiger partial charge in [0.1, 0.15) is 6.54 Å². The SMILES string of the molecule is CCC(CC)N(CC(F)(F)F)C(C)=O. The van der Waals surface area contributed by atoms with Crippen LogP contribution in [0.15, 0.2) is 0 Å². The second kappa shape index (κ2) is 5.22. The number of carbonyl (C=O) groups is 1. The molecule has 0 bridgehead atoms. The van der Waals surface area contributed by atoms with Crippen molar-refractivity contribution in [2.24, 2.45) is 0 Å². The van der Waals surface area contributed by atoms with E-state index in [0.29, 0.717) is 12.8 Å². The van der Waals surface area contributed by atoms with Gasteiger partial charge < -0.3 is 4.90 Å². The molecule has 0 aromatic heterocycles. The van der Waals surface area contributed by atoms with Gasteiger partial charge in [-0.2, -0.15) is 13.2 Å². The van der Waals surface area contributed by atoms with Crippen LogP contribution >= 0.6 is 0 Å². The molecule has 0 aliphatic carbocycles. The van der Waals surface area contributed by atoms with Gasteiger partial charge in [0.2, 0.25) is 5.91 Å². The third-order valence-corrected chi connectivity index (χ3v) is 2.14. The third kappa shape index (κ3) is 4.48. The summed E-state index contributed by atoms with van der Waals surface area (Å²) >= 11 is 0. The highest BCUT2D eigenvalue weighted by atomic mass is 19.4. The van der Waals surface area contributed by atoms with Gasteiger partial charge in [-0.05, 0) is 12.8 Å². The van der Waals surface area contributed by atoms with E-state index in [1.54, 1.807) is 13.8 Å². The highest BCUT2D eigenvalue weighted by molar-refractivity contribution is 5.73. The average Bonchev–Trinajstić information content (AvgIpc) is 2.02. The molecule has 0 fully saturated rings. The number of halogens is 3. The Labute approximate surface area is 82.1 Å². The maximum absolute atomic E-state index is 12.1.